The van der Waals surface area contributed by atoms with E-state index in [0.29, 0.717) is 12.0 Å². The summed E-state index contributed by atoms with van der Waals surface area (Å²) in [5.41, 5.74) is 2.45. The van der Waals surface area contributed by atoms with E-state index in [-0.39, 0.29) is 12.0 Å². The minimum absolute atomic E-state index is 0.0581. The molecular weight excluding hydrogens is 238 g/mol. The summed E-state index contributed by atoms with van der Waals surface area (Å²) in [6.45, 7) is 12.0. The standard InChI is InChI=1S/C15H29N3O/c1-11(2)13(7-8-19)16-9-12-10-18(6)17-14(12)15(3,4)5/h10-11,13,16,19H,7-9H2,1-6H3. The lowest BCUT2D eigenvalue weighted by molar-refractivity contribution is 0.243. The van der Waals surface area contributed by atoms with Gasteiger partial charge in [-0.1, -0.05) is 34.6 Å². The molecule has 0 spiro atoms. The van der Waals surface area contributed by atoms with E-state index >= 15 is 0 Å². The fraction of sp³-hybridized carbons (Fsp3) is 0.800. The molecule has 0 radical (unpaired) electrons. The average Bonchev–Trinajstić information content (AvgIpc) is 2.65. The van der Waals surface area contributed by atoms with Crippen molar-refractivity contribution in [3.63, 3.8) is 0 Å². The quantitative estimate of drug-likeness (QED) is 0.831. The first-order chi connectivity index (χ1) is 8.75. The minimum atomic E-state index is 0.0581. The molecule has 0 fully saturated rings. The van der Waals surface area contributed by atoms with Crippen molar-refractivity contribution in [1.29, 1.82) is 0 Å². The third kappa shape index (κ3) is 4.62. The number of hydrogen-bond acceptors (Lipinski definition) is 3. The molecule has 4 nitrogen and oxygen atoms in total. The summed E-state index contributed by atoms with van der Waals surface area (Å²) in [6.07, 6.45) is 2.88. The fourth-order valence-corrected chi connectivity index (χ4v) is 2.35. The van der Waals surface area contributed by atoms with E-state index in [1.54, 1.807) is 0 Å². The Labute approximate surface area is 117 Å². The fourth-order valence-electron chi connectivity index (χ4n) is 2.35. The van der Waals surface area contributed by atoms with Gasteiger partial charge in [0.25, 0.3) is 0 Å². The molecule has 0 saturated heterocycles. The number of aliphatic hydroxyl groups excluding tert-OH is 1. The monoisotopic (exact) mass is 267 g/mol. The lowest BCUT2D eigenvalue weighted by Gasteiger charge is -2.23. The van der Waals surface area contributed by atoms with Crippen LogP contribution in [0.25, 0.3) is 0 Å². The predicted octanol–water partition coefficient (Wildman–Crippen LogP) is 2.21. The van der Waals surface area contributed by atoms with Crippen LogP contribution >= 0.6 is 0 Å². The van der Waals surface area contributed by atoms with E-state index in [0.717, 1.165) is 18.7 Å². The van der Waals surface area contributed by atoms with E-state index in [1.165, 1.54) is 5.56 Å². The maximum absolute atomic E-state index is 9.11. The Morgan fingerprint density at radius 2 is 2.00 bits per heavy atom. The zero-order valence-corrected chi connectivity index (χ0v) is 13.2. The van der Waals surface area contributed by atoms with Gasteiger partial charge in [0.2, 0.25) is 0 Å². The number of hydrogen-bond donors (Lipinski definition) is 2. The molecular formula is C15H29N3O. The summed E-state index contributed by atoms with van der Waals surface area (Å²) in [5.74, 6) is 0.516. The number of rotatable bonds is 6. The largest absolute Gasteiger partial charge is 0.396 e. The van der Waals surface area contributed by atoms with Crippen molar-refractivity contribution in [3.8, 4) is 0 Å². The van der Waals surface area contributed by atoms with Gasteiger partial charge < -0.3 is 10.4 Å². The summed E-state index contributed by atoms with van der Waals surface area (Å²) in [6, 6.07) is 0.345. The van der Waals surface area contributed by atoms with Crippen molar-refractivity contribution < 1.29 is 5.11 Å². The summed E-state index contributed by atoms with van der Waals surface area (Å²) >= 11 is 0. The topological polar surface area (TPSA) is 50.1 Å². The molecule has 19 heavy (non-hydrogen) atoms. The molecule has 1 aromatic rings. The normalized spacial score (nSPS) is 14.1. The number of nitrogens with one attached hydrogen (secondary N) is 1. The first-order valence-electron chi connectivity index (χ1n) is 7.13. The molecule has 1 rings (SSSR count). The molecule has 110 valence electrons. The summed E-state index contributed by atoms with van der Waals surface area (Å²) in [7, 11) is 1.96. The molecule has 1 atom stereocenters. The van der Waals surface area contributed by atoms with E-state index in [1.807, 2.05) is 11.7 Å². The molecule has 0 aliphatic rings. The van der Waals surface area contributed by atoms with Crippen molar-refractivity contribution in [2.75, 3.05) is 6.61 Å². The Balaban J connectivity index is 2.77. The van der Waals surface area contributed by atoms with Gasteiger partial charge in [0.1, 0.15) is 0 Å². The van der Waals surface area contributed by atoms with Crippen LogP contribution in [-0.2, 0) is 19.0 Å². The number of aliphatic hydroxyl groups is 1. The number of aryl methyl sites for hydroxylation is 1. The van der Waals surface area contributed by atoms with Crippen LogP contribution in [0.15, 0.2) is 6.20 Å². The van der Waals surface area contributed by atoms with E-state index in [2.05, 4.69) is 51.2 Å². The Morgan fingerprint density at radius 1 is 1.37 bits per heavy atom. The number of nitrogens with zero attached hydrogens (tertiary/aromatic N) is 2. The highest BCUT2D eigenvalue weighted by Crippen LogP contribution is 2.24. The molecule has 1 heterocycles. The maximum Gasteiger partial charge on any atom is 0.0722 e. The SMILES string of the molecule is CC(C)C(CCO)NCc1cn(C)nc1C(C)(C)C. The highest BCUT2D eigenvalue weighted by atomic mass is 16.3. The second-order valence-corrected chi connectivity index (χ2v) is 6.67. The maximum atomic E-state index is 9.11. The molecule has 4 heteroatoms. The molecule has 0 bridgehead atoms. The van der Waals surface area contributed by atoms with Crippen LogP contribution in [0.4, 0.5) is 0 Å². The molecule has 0 aliphatic carbocycles. The van der Waals surface area contributed by atoms with Gasteiger partial charge in [-0.3, -0.25) is 4.68 Å². The van der Waals surface area contributed by atoms with Gasteiger partial charge in [0.15, 0.2) is 0 Å². The van der Waals surface area contributed by atoms with Crippen molar-refractivity contribution >= 4 is 0 Å². The van der Waals surface area contributed by atoms with Crippen LogP contribution in [0.3, 0.4) is 0 Å². The Kier molecular flexibility index (Phi) is 5.56. The Bertz CT molecular complexity index is 391. The van der Waals surface area contributed by atoms with Gasteiger partial charge in [-0.2, -0.15) is 5.10 Å². The number of aromatic nitrogens is 2. The van der Waals surface area contributed by atoms with Crippen molar-refractivity contribution in [2.45, 2.75) is 59.0 Å². The molecule has 1 aromatic heterocycles. The van der Waals surface area contributed by atoms with Crippen LogP contribution in [0.5, 0.6) is 0 Å². The van der Waals surface area contributed by atoms with Crippen molar-refractivity contribution in [2.24, 2.45) is 13.0 Å². The highest BCUT2D eigenvalue weighted by Gasteiger charge is 2.22. The summed E-state index contributed by atoms with van der Waals surface area (Å²) in [5, 5.41) is 17.2. The van der Waals surface area contributed by atoms with E-state index < -0.39 is 0 Å². The van der Waals surface area contributed by atoms with Gasteiger partial charge in [-0.05, 0) is 12.3 Å². The molecule has 0 aromatic carbocycles. The average molecular weight is 267 g/mol. The van der Waals surface area contributed by atoms with E-state index in [9.17, 15) is 0 Å². The second kappa shape index (κ2) is 6.53. The van der Waals surface area contributed by atoms with Gasteiger partial charge in [0.05, 0.1) is 5.69 Å². The van der Waals surface area contributed by atoms with Crippen LogP contribution in [0.2, 0.25) is 0 Å². The third-order valence-electron chi connectivity index (χ3n) is 3.41. The smallest absolute Gasteiger partial charge is 0.0722 e. The van der Waals surface area contributed by atoms with Gasteiger partial charge in [-0.15, -0.1) is 0 Å². The molecule has 2 N–H and O–H groups in total. The zero-order chi connectivity index (χ0) is 14.6. The summed E-state index contributed by atoms with van der Waals surface area (Å²) < 4.78 is 1.88. The molecule has 1 unspecified atom stereocenters. The Hall–Kier alpha value is -0.870. The van der Waals surface area contributed by atoms with Crippen LogP contribution in [0, 0.1) is 5.92 Å². The van der Waals surface area contributed by atoms with Gasteiger partial charge in [-0.25, -0.2) is 0 Å². The van der Waals surface area contributed by atoms with Crippen LogP contribution in [-0.4, -0.2) is 27.5 Å². The highest BCUT2D eigenvalue weighted by molar-refractivity contribution is 5.23. The molecule has 0 amide bonds. The van der Waals surface area contributed by atoms with E-state index in [4.69, 9.17) is 5.11 Å². The van der Waals surface area contributed by atoms with Crippen molar-refractivity contribution in [1.82, 2.24) is 15.1 Å². The molecule has 0 aliphatic heterocycles. The first-order valence-corrected chi connectivity index (χ1v) is 7.13. The minimum Gasteiger partial charge on any atom is -0.396 e. The van der Waals surface area contributed by atoms with Crippen LogP contribution < -0.4 is 5.32 Å². The van der Waals surface area contributed by atoms with Gasteiger partial charge in [0, 0.05) is 43.4 Å². The lowest BCUT2D eigenvalue weighted by atomic mass is 9.89. The zero-order valence-electron chi connectivity index (χ0n) is 13.2. The Morgan fingerprint density at radius 3 is 2.47 bits per heavy atom. The lowest BCUT2D eigenvalue weighted by Crippen LogP contribution is -2.34. The molecule has 0 saturated carbocycles. The van der Waals surface area contributed by atoms with Gasteiger partial charge >= 0.3 is 0 Å². The summed E-state index contributed by atoms with van der Waals surface area (Å²) in [4.78, 5) is 0. The first kappa shape index (κ1) is 16.2. The predicted molar refractivity (Wildman–Crippen MR) is 79.1 cm³/mol. The van der Waals surface area contributed by atoms with Crippen LogP contribution in [0.1, 0.15) is 52.3 Å². The van der Waals surface area contributed by atoms with Crippen molar-refractivity contribution in [3.05, 3.63) is 17.5 Å². The third-order valence-corrected chi connectivity index (χ3v) is 3.41. The second-order valence-electron chi connectivity index (χ2n) is 6.67.